The first-order valence-corrected chi connectivity index (χ1v) is 9.44. The molecule has 1 unspecified atom stereocenters. The molecule has 1 saturated heterocycles. The van der Waals surface area contributed by atoms with Gasteiger partial charge in [0, 0.05) is 26.2 Å². The number of hydrogen-bond acceptors (Lipinski definition) is 3. The molecule has 0 N–H and O–H groups in total. The summed E-state index contributed by atoms with van der Waals surface area (Å²) in [5, 5.41) is 0. The molecular weight excluding hydrogens is 300 g/mol. The zero-order valence-electron chi connectivity index (χ0n) is 13.4. The van der Waals surface area contributed by atoms with Gasteiger partial charge in [-0.2, -0.15) is 4.31 Å². The highest BCUT2D eigenvalue weighted by molar-refractivity contribution is 7.88. The lowest BCUT2D eigenvalue weighted by molar-refractivity contribution is -0.135. The second-order valence-electron chi connectivity index (χ2n) is 6.12. The second-order valence-corrected chi connectivity index (χ2v) is 8.10. The van der Waals surface area contributed by atoms with Crippen LogP contribution in [-0.2, 0) is 14.8 Å². The van der Waals surface area contributed by atoms with Gasteiger partial charge in [-0.15, -0.1) is 0 Å². The lowest BCUT2D eigenvalue weighted by Crippen LogP contribution is -2.51. The van der Waals surface area contributed by atoms with Gasteiger partial charge in [0.15, 0.2) is 0 Å². The number of piperazine rings is 1. The molecule has 2 rings (SSSR count). The van der Waals surface area contributed by atoms with E-state index in [-0.39, 0.29) is 17.7 Å². The van der Waals surface area contributed by atoms with Crippen molar-refractivity contribution >= 4 is 15.9 Å². The van der Waals surface area contributed by atoms with Gasteiger partial charge in [0.05, 0.1) is 12.2 Å². The normalized spacial score (nSPS) is 18.5. The maximum Gasteiger partial charge on any atom is 0.230 e. The molecule has 122 valence electrons. The minimum atomic E-state index is -3.17. The van der Waals surface area contributed by atoms with E-state index < -0.39 is 10.0 Å². The molecule has 1 aliphatic rings. The van der Waals surface area contributed by atoms with Gasteiger partial charge in [0.25, 0.3) is 0 Å². The van der Waals surface area contributed by atoms with Crippen molar-refractivity contribution in [3.05, 3.63) is 35.9 Å². The monoisotopic (exact) mass is 324 g/mol. The van der Waals surface area contributed by atoms with Crippen LogP contribution in [0.5, 0.6) is 0 Å². The fourth-order valence-electron chi connectivity index (χ4n) is 2.91. The number of carbonyl (C=O) groups excluding carboxylic acids is 1. The summed E-state index contributed by atoms with van der Waals surface area (Å²) >= 11 is 0. The second kappa shape index (κ2) is 6.79. The molecule has 1 aromatic carbocycles. The molecule has 0 aromatic heterocycles. The van der Waals surface area contributed by atoms with Crippen LogP contribution in [0.3, 0.4) is 0 Å². The predicted octanol–water partition coefficient (Wildman–Crippen LogP) is 1.53. The number of amides is 1. The third-order valence-electron chi connectivity index (χ3n) is 4.11. The summed E-state index contributed by atoms with van der Waals surface area (Å²) in [5.74, 6) is 0.114. The molecule has 0 spiro atoms. The van der Waals surface area contributed by atoms with Crippen LogP contribution in [-0.4, -0.2) is 56.0 Å². The number of sulfonamides is 1. The Hall–Kier alpha value is -1.40. The molecule has 1 atom stereocenters. The largest absolute Gasteiger partial charge is 0.340 e. The predicted molar refractivity (Wildman–Crippen MR) is 87.0 cm³/mol. The van der Waals surface area contributed by atoms with E-state index in [2.05, 4.69) is 0 Å². The molecule has 0 bridgehead atoms. The first kappa shape index (κ1) is 17.0. The SMILES string of the molecule is CC(C)C(C(=O)N1CCN(S(C)(=O)=O)CC1)c1ccccc1. The summed E-state index contributed by atoms with van der Waals surface area (Å²) < 4.78 is 24.5. The third-order valence-corrected chi connectivity index (χ3v) is 5.41. The smallest absolute Gasteiger partial charge is 0.230 e. The van der Waals surface area contributed by atoms with E-state index in [1.165, 1.54) is 10.6 Å². The molecule has 0 saturated carbocycles. The van der Waals surface area contributed by atoms with E-state index in [1.54, 1.807) is 4.90 Å². The summed E-state index contributed by atoms with van der Waals surface area (Å²) in [6.07, 6.45) is 1.21. The lowest BCUT2D eigenvalue weighted by Gasteiger charge is -2.36. The van der Waals surface area contributed by atoms with Crippen molar-refractivity contribution in [1.82, 2.24) is 9.21 Å². The third kappa shape index (κ3) is 3.87. The number of carbonyl (C=O) groups is 1. The molecule has 1 heterocycles. The Balaban J connectivity index is 2.10. The maximum atomic E-state index is 12.9. The average Bonchev–Trinajstić information content (AvgIpc) is 2.47. The Labute approximate surface area is 133 Å². The van der Waals surface area contributed by atoms with Crippen LogP contribution in [0, 0.1) is 5.92 Å². The van der Waals surface area contributed by atoms with Gasteiger partial charge in [0.1, 0.15) is 0 Å². The molecule has 1 fully saturated rings. The first-order valence-electron chi connectivity index (χ1n) is 7.59. The van der Waals surface area contributed by atoms with Crippen molar-refractivity contribution < 1.29 is 13.2 Å². The summed E-state index contributed by atoms with van der Waals surface area (Å²) in [6.45, 7) is 5.77. The highest BCUT2D eigenvalue weighted by Crippen LogP contribution is 2.27. The zero-order chi connectivity index (χ0) is 16.3. The first-order chi connectivity index (χ1) is 10.3. The maximum absolute atomic E-state index is 12.9. The standard InChI is InChI=1S/C16H24N2O3S/c1-13(2)15(14-7-5-4-6-8-14)16(19)17-9-11-18(12-10-17)22(3,20)21/h4-8,13,15H,9-12H2,1-3H3. The molecule has 1 amide bonds. The van der Waals surface area contributed by atoms with Crippen molar-refractivity contribution in [3.63, 3.8) is 0 Å². The average molecular weight is 324 g/mol. The Bertz CT molecular complexity index is 606. The number of hydrogen-bond donors (Lipinski definition) is 0. The van der Waals surface area contributed by atoms with E-state index in [4.69, 9.17) is 0 Å². The fourth-order valence-corrected chi connectivity index (χ4v) is 3.74. The molecule has 1 aliphatic heterocycles. The minimum absolute atomic E-state index is 0.0920. The quantitative estimate of drug-likeness (QED) is 0.844. The van der Waals surface area contributed by atoms with Crippen LogP contribution in [0.25, 0.3) is 0 Å². The number of rotatable bonds is 4. The van der Waals surface area contributed by atoms with Crippen LogP contribution in [0.1, 0.15) is 25.3 Å². The van der Waals surface area contributed by atoms with Crippen LogP contribution >= 0.6 is 0 Å². The van der Waals surface area contributed by atoms with Crippen molar-refractivity contribution in [2.24, 2.45) is 5.92 Å². The molecule has 0 aliphatic carbocycles. The van der Waals surface area contributed by atoms with E-state index in [1.807, 2.05) is 44.2 Å². The zero-order valence-corrected chi connectivity index (χ0v) is 14.2. The highest BCUT2D eigenvalue weighted by Gasteiger charge is 2.32. The van der Waals surface area contributed by atoms with Gasteiger partial charge in [-0.05, 0) is 11.5 Å². The highest BCUT2D eigenvalue weighted by atomic mass is 32.2. The lowest BCUT2D eigenvalue weighted by atomic mass is 9.87. The molecular formula is C16H24N2O3S. The molecule has 6 heteroatoms. The van der Waals surface area contributed by atoms with Crippen molar-refractivity contribution in [2.45, 2.75) is 19.8 Å². The van der Waals surface area contributed by atoms with Crippen molar-refractivity contribution in [2.75, 3.05) is 32.4 Å². The van der Waals surface area contributed by atoms with Gasteiger partial charge in [-0.25, -0.2) is 8.42 Å². The van der Waals surface area contributed by atoms with Crippen LogP contribution in [0.2, 0.25) is 0 Å². The van der Waals surface area contributed by atoms with Gasteiger partial charge < -0.3 is 4.90 Å². The Morgan fingerprint density at radius 3 is 2.05 bits per heavy atom. The van der Waals surface area contributed by atoms with E-state index in [9.17, 15) is 13.2 Å². The van der Waals surface area contributed by atoms with Gasteiger partial charge in [-0.1, -0.05) is 44.2 Å². The summed E-state index contributed by atoms with van der Waals surface area (Å²) in [7, 11) is -3.17. The topological polar surface area (TPSA) is 57.7 Å². The molecule has 1 aromatic rings. The van der Waals surface area contributed by atoms with Crippen LogP contribution in [0.4, 0.5) is 0 Å². The Morgan fingerprint density at radius 2 is 1.59 bits per heavy atom. The van der Waals surface area contributed by atoms with Crippen LogP contribution in [0.15, 0.2) is 30.3 Å². The Kier molecular flexibility index (Phi) is 5.24. The van der Waals surface area contributed by atoms with E-state index in [0.29, 0.717) is 26.2 Å². The minimum Gasteiger partial charge on any atom is -0.340 e. The summed E-state index contributed by atoms with van der Waals surface area (Å²) in [6, 6.07) is 9.79. The Morgan fingerprint density at radius 1 is 1.05 bits per heavy atom. The fraction of sp³-hybridized carbons (Fsp3) is 0.562. The molecule has 22 heavy (non-hydrogen) atoms. The van der Waals surface area contributed by atoms with Gasteiger partial charge >= 0.3 is 0 Å². The molecule has 5 nitrogen and oxygen atoms in total. The van der Waals surface area contributed by atoms with Gasteiger partial charge in [0.2, 0.25) is 15.9 Å². The number of nitrogens with zero attached hydrogens (tertiary/aromatic N) is 2. The van der Waals surface area contributed by atoms with Gasteiger partial charge in [-0.3, -0.25) is 4.79 Å². The van der Waals surface area contributed by atoms with E-state index in [0.717, 1.165) is 5.56 Å². The van der Waals surface area contributed by atoms with Crippen molar-refractivity contribution in [1.29, 1.82) is 0 Å². The summed E-state index contributed by atoms with van der Waals surface area (Å²) in [4.78, 5) is 14.6. The number of benzene rings is 1. The van der Waals surface area contributed by atoms with E-state index >= 15 is 0 Å². The summed E-state index contributed by atoms with van der Waals surface area (Å²) in [5.41, 5.74) is 1.02. The molecule has 0 radical (unpaired) electrons. The van der Waals surface area contributed by atoms with Crippen molar-refractivity contribution in [3.8, 4) is 0 Å². The van der Waals surface area contributed by atoms with Crippen LogP contribution < -0.4 is 0 Å².